The highest BCUT2D eigenvalue weighted by atomic mass is 32.2. The number of carbonyl (C=O) groups excluding carboxylic acids is 1. The summed E-state index contributed by atoms with van der Waals surface area (Å²) in [5.41, 5.74) is 2.08. The number of para-hydroxylation sites is 1. The van der Waals surface area contributed by atoms with E-state index in [1.807, 2.05) is 30.3 Å². The average Bonchev–Trinajstić information content (AvgIpc) is 2.78. The first-order chi connectivity index (χ1) is 14.5. The molecule has 2 heterocycles. The number of hydrogen-bond acceptors (Lipinski definition) is 5. The van der Waals surface area contributed by atoms with Gasteiger partial charge in [0.2, 0.25) is 9.84 Å². The molecule has 0 fully saturated rings. The normalized spacial score (nSPS) is 11.2. The number of benzene rings is 2. The molecule has 0 saturated carbocycles. The molecular weight excluding hydrogens is 400 g/mol. The number of rotatable bonds is 5. The van der Waals surface area contributed by atoms with Crippen LogP contribution in [0.2, 0.25) is 0 Å². The monoisotopic (exact) mass is 418 g/mol. The van der Waals surface area contributed by atoms with Gasteiger partial charge in [-0.3, -0.25) is 9.97 Å². The van der Waals surface area contributed by atoms with Gasteiger partial charge in [0, 0.05) is 36.2 Å². The predicted molar refractivity (Wildman–Crippen MR) is 114 cm³/mol. The summed E-state index contributed by atoms with van der Waals surface area (Å²) in [5.74, 6) is 0. The van der Waals surface area contributed by atoms with Crippen LogP contribution in [-0.2, 0) is 16.4 Å². The van der Waals surface area contributed by atoms with Gasteiger partial charge >= 0.3 is 6.03 Å². The summed E-state index contributed by atoms with van der Waals surface area (Å²) in [6, 6.07) is 18.2. The molecular formula is C22H18N4O3S. The molecule has 8 heteroatoms. The summed E-state index contributed by atoms with van der Waals surface area (Å²) < 4.78 is 25.8. The van der Waals surface area contributed by atoms with Gasteiger partial charge in [-0.15, -0.1) is 0 Å². The van der Waals surface area contributed by atoms with E-state index >= 15 is 0 Å². The van der Waals surface area contributed by atoms with Crippen LogP contribution in [0, 0.1) is 0 Å². The van der Waals surface area contributed by atoms with E-state index in [0.717, 1.165) is 16.5 Å². The first-order valence-corrected chi connectivity index (χ1v) is 10.6. The molecule has 2 amide bonds. The molecule has 2 aromatic heterocycles. The Morgan fingerprint density at radius 2 is 1.70 bits per heavy atom. The number of nitrogens with zero attached hydrogens (tertiary/aromatic N) is 2. The standard InChI is InChI=1S/C22H18N4O3S/c27-22(25-14-16-4-3-11-23-13-16)26-18-7-9-19(10-8-18)30(28,29)20-12-17-5-1-2-6-21(17)24-15-20/h1-13,15H,14H2,(H2,25,26,27). The van der Waals surface area contributed by atoms with Crippen LogP contribution in [0.5, 0.6) is 0 Å². The van der Waals surface area contributed by atoms with Crippen LogP contribution in [0.3, 0.4) is 0 Å². The van der Waals surface area contributed by atoms with E-state index in [2.05, 4.69) is 20.6 Å². The minimum absolute atomic E-state index is 0.121. The molecule has 2 N–H and O–H groups in total. The van der Waals surface area contributed by atoms with Crippen LogP contribution in [0.15, 0.2) is 95.1 Å². The van der Waals surface area contributed by atoms with Crippen molar-refractivity contribution in [2.75, 3.05) is 5.32 Å². The molecule has 0 saturated heterocycles. The number of nitrogens with one attached hydrogen (secondary N) is 2. The molecule has 2 aromatic carbocycles. The second kappa shape index (κ2) is 8.30. The second-order valence-electron chi connectivity index (χ2n) is 6.56. The maximum Gasteiger partial charge on any atom is 0.319 e. The van der Waals surface area contributed by atoms with Gasteiger partial charge in [-0.2, -0.15) is 0 Å². The summed E-state index contributed by atoms with van der Waals surface area (Å²) in [7, 11) is -3.72. The fraction of sp³-hybridized carbons (Fsp3) is 0.0455. The Morgan fingerprint density at radius 1 is 0.900 bits per heavy atom. The average molecular weight is 418 g/mol. The van der Waals surface area contributed by atoms with Gasteiger partial charge in [0.15, 0.2) is 0 Å². The Bertz CT molecular complexity index is 1290. The van der Waals surface area contributed by atoms with E-state index in [1.54, 1.807) is 36.7 Å². The van der Waals surface area contributed by atoms with Crippen molar-refractivity contribution >= 4 is 32.5 Å². The molecule has 0 bridgehead atoms. The topological polar surface area (TPSA) is 101 Å². The third-order valence-electron chi connectivity index (χ3n) is 4.47. The summed E-state index contributed by atoms with van der Waals surface area (Å²) in [6.07, 6.45) is 4.68. The Morgan fingerprint density at radius 3 is 2.47 bits per heavy atom. The van der Waals surface area contributed by atoms with E-state index in [0.29, 0.717) is 12.2 Å². The van der Waals surface area contributed by atoms with Crippen molar-refractivity contribution in [3.8, 4) is 0 Å². The quantitative estimate of drug-likeness (QED) is 0.514. The van der Waals surface area contributed by atoms with E-state index < -0.39 is 15.9 Å². The van der Waals surface area contributed by atoms with Crippen LogP contribution in [-0.4, -0.2) is 24.4 Å². The zero-order valence-electron chi connectivity index (χ0n) is 15.8. The minimum atomic E-state index is -3.72. The highest BCUT2D eigenvalue weighted by Crippen LogP contribution is 2.24. The lowest BCUT2D eigenvalue weighted by atomic mass is 10.2. The van der Waals surface area contributed by atoms with Gasteiger partial charge in [0.1, 0.15) is 0 Å². The van der Waals surface area contributed by atoms with Crippen molar-refractivity contribution in [1.82, 2.24) is 15.3 Å². The number of sulfone groups is 1. The molecule has 0 atom stereocenters. The number of aromatic nitrogens is 2. The molecule has 0 unspecified atom stereocenters. The van der Waals surface area contributed by atoms with Crippen LogP contribution >= 0.6 is 0 Å². The zero-order chi connectivity index (χ0) is 21.0. The third kappa shape index (κ3) is 4.28. The highest BCUT2D eigenvalue weighted by molar-refractivity contribution is 7.91. The molecule has 0 aliphatic carbocycles. The minimum Gasteiger partial charge on any atom is -0.334 e. The lowest BCUT2D eigenvalue weighted by Gasteiger charge is -2.09. The molecule has 7 nitrogen and oxygen atoms in total. The first kappa shape index (κ1) is 19.5. The number of pyridine rings is 2. The van der Waals surface area contributed by atoms with E-state index in [-0.39, 0.29) is 9.79 Å². The summed E-state index contributed by atoms with van der Waals surface area (Å²) in [6.45, 7) is 0.334. The van der Waals surface area contributed by atoms with Gasteiger partial charge in [0.05, 0.1) is 15.3 Å². The van der Waals surface area contributed by atoms with Crippen molar-refractivity contribution in [2.45, 2.75) is 16.3 Å². The highest BCUT2D eigenvalue weighted by Gasteiger charge is 2.18. The van der Waals surface area contributed by atoms with Crippen LogP contribution in [0.4, 0.5) is 10.5 Å². The lowest BCUT2D eigenvalue weighted by Crippen LogP contribution is -2.28. The van der Waals surface area contributed by atoms with Crippen LogP contribution in [0.1, 0.15) is 5.56 Å². The Hall–Kier alpha value is -3.78. The van der Waals surface area contributed by atoms with Crippen molar-refractivity contribution in [3.63, 3.8) is 0 Å². The van der Waals surface area contributed by atoms with E-state index in [4.69, 9.17) is 0 Å². The van der Waals surface area contributed by atoms with Gasteiger partial charge in [-0.25, -0.2) is 13.2 Å². The Labute approximate surface area is 173 Å². The fourth-order valence-corrected chi connectivity index (χ4v) is 4.15. The number of fused-ring (bicyclic) bond motifs is 1. The van der Waals surface area contributed by atoms with Gasteiger partial charge in [-0.05, 0) is 48.0 Å². The van der Waals surface area contributed by atoms with Gasteiger partial charge in [-0.1, -0.05) is 24.3 Å². The number of anilines is 1. The fourth-order valence-electron chi connectivity index (χ4n) is 2.91. The molecule has 0 radical (unpaired) electrons. The summed E-state index contributed by atoms with van der Waals surface area (Å²) >= 11 is 0. The second-order valence-corrected chi connectivity index (χ2v) is 8.51. The van der Waals surface area contributed by atoms with Crippen molar-refractivity contribution in [2.24, 2.45) is 0 Å². The van der Waals surface area contributed by atoms with Gasteiger partial charge in [0.25, 0.3) is 0 Å². The lowest BCUT2D eigenvalue weighted by molar-refractivity contribution is 0.251. The number of hydrogen-bond donors (Lipinski definition) is 2. The van der Waals surface area contributed by atoms with E-state index in [9.17, 15) is 13.2 Å². The van der Waals surface area contributed by atoms with E-state index in [1.165, 1.54) is 18.3 Å². The number of carbonyl (C=O) groups is 1. The number of urea groups is 1. The number of amides is 2. The van der Waals surface area contributed by atoms with Gasteiger partial charge < -0.3 is 10.6 Å². The molecule has 4 aromatic rings. The largest absolute Gasteiger partial charge is 0.334 e. The zero-order valence-corrected chi connectivity index (χ0v) is 16.6. The molecule has 0 aliphatic heterocycles. The predicted octanol–water partition coefficient (Wildman–Crippen LogP) is 3.78. The van der Waals surface area contributed by atoms with Crippen molar-refractivity contribution in [3.05, 3.63) is 90.9 Å². The molecule has 4 rings (SSSR count). The molecule has 30 heavy (non-hydrogen) atoms. The Kier molecular flexibility index (Phi) is 5.40. The first-order valence-electron chi connectivity index (χ1n) is 9.16. The van der Waals surface area contributed by atoms with Crippen molar-refractivity contribution < 1.29 is 13.2 Å². The van der Waals surface area contributed by atoms with Crippen LogP contribution < -0.4 is 10.6 Å². The SMILES string of the molecule is O=C(NCc1cccnc1)Nc1ccc(S(=O)(=O)c2cnc3ccccc3c2)cc1. The van der Waals surface area contributed by atoms with Crippen LogP contribution in [0.25, 0.3) is 10.9 Å². The smallest absolute Gasteiger partial charge is 0.319 e. The van der Waals surface area contributed by atoms with Crippen molar-refractivity contribution in [1.29, 1.82) is 0 Å². The molecule has 0 spiro atoms. The maximum absolute atomic E-state index is 12.9. The molecule has 0 aliphatic rings. The Balaban J connectivity index is 1.46. The molecule has 150 valence electrons. The third-order valence-corrected chi connectivity index (χ3v) is 6.21. The maximum atomic E-state index is 12.9. The summed E-state index contributed by atoms with van der Waals surface area (Å²) in [5, 5.41) is 6.15. The summed E-state index contributed by atoms with van der Waals surface area (Å²) in [4.78, 5) is 20.5.